The Labute approximate surface area is 140 Å². The Kier molecular flexibility index (Phi) is 4.07. The first-order chi connectivity index (χ1) is 11.2. The Balaban J connectivity index is 1.59. The second-order valence-corrected chi connectivity index (χ2v) is 7.89. The lowest BCUT2D eigenvalue weighted by Crippen LogP contribution is -2.29. The summed E-state index contributed by atoms with van der Waals surface area (Å²) in [6.07, 6.45) is 4.83. The molecule has 23 heavy (non-hydrogen) atoms. The van der Waals surface area contributed by atoms with Crippen LogP contribution in [0.5, 0.6) is 0 Å². The van der Waals surface area contributed by atoms with E-state index >= 15 is 0 Å². The third-order valence-electron chi connectivity index (χ3n) is 4.95. The van der Waals surface area contributed by atoms with Crippen LogP contribution in [-0.2, 0) is 19.4 Å². The maximum atomic E-state index is 12.4. The van der Waals surface area contributed by atoms with E-state index in [2.05, 4.69) is 15.3 Å². The average molecular weight is 329 g/mol. The van der Waals surface area contributed by atoms with E-state index in [1.165, 1.54) is 30.6 Å². The van der Waals surface area contributed by atoms with Crippen molar-refractivity contribution in [2.45, 2.75) is 39.2 Å². The van der Waals surface area contributed by atoms with Gasteiger partial charge in [0.05, 0.1) is 17.2 Å². The first kappa shape index (κ1) is 15.1. The minimum absolute atomic E-state index is 0.102. The molecule has 0 aromatic carbocycles. The number of nitrogens with zero attached hydrogens (tertiary/aromatic N) is 3. The topological polar surface area (TPSA) is 38.1 Å². The predicted molar refractivity (Wildman–Crippen MR) is 93.2 cm³/mol. The lowest BCUT2D eigenvalue weighted by atomic mass is 10.1. The van der Waals surface area contributed by atoms with E-state index < -0.39 is 0 Å². The molecule has 4 rings (SSSR count). The molecule has 2 aromatic rings. The molecule has 2 aromatic heterocycles. The molecular formula is C18H23N3OS. The Morgan fingerprint density at radius 3 is 2.83 bits per heavy atom. The van der Waals surface area contributed by atoms with Gasteiger partial charge < -0.3 is 9.47 Å². The summed E-state index contributed by atoms with van der Waals surface area (Å²) in [7, 11) is 0. The summed E-state index contributed by atoms with van der Waals surface area (Å²) in [6, 6.07) is 3.77. The summed E-state index contributed by atoms with van der Waals surface area (Å²) in [6.45, 7) is 6.05. The highest BCUT2D eigenvalue weighted by molar-refractivity contribution is 7.09. The maximum Gasteiger partial charge on any atom is 0.251 e. The van der Waals surface area contributed by atoms with Crippen LogP contribution in [0.2, 0.25) is 0 Å². The largest absolute Gasteiger partial charge is 0.306 e. The fraction of sp³-hybridized carbons (Fsp3) is 0.556. The van der Waals surface area contributed by atoms with Gasteiger partial charge in [0.1, 0.15) is 0 Å². The van der Waals surface area contributed by atoms with Gasteiger partial charge in [0.15, 0.2) is 0 Å². The number of pyridine rings is 1. The molecule has 1 aliphatic carbocycles. The highest BCUT2D eigenvalue weighted by Gasteiger charge is 2.26. The van der Waals surface area contributed by atoms with Crippen molar-refractivity contribution < 1.29 is 0 Å². The van der Waals surface area contributed by atoms with Crippen molar-refractivity contribution in [3.63, 3.8) is 0 Å². The first-order valence-electron chi connectivity index (χ1n) is 8.54. The van der Waals surface area contributed by atoms with E-state index in [-0.39, 0.29) is 5.56 Å². The third-order valence-corrected chi connectivity index (χ3v) is 5.77. The first-order valence-corrected chi connectivity index (χ1v) is 9.42. The molecule has 1 aliphatic heterocycles. The van der Waals surface area contributed by atoms with Gasteiger partial charge >= 0.3 is 0 Å². The molecule has 3 heterocycles. The average Bonchev–Trinajstić information content (AvgIpc) is 3.29. The van der Waals surface area contributed by atoms with Gasteiger partial charge in [-0.2, -0.15) is 0 Å². The van der Waals surface area contributed by atoms with Crippen LogP contribution in [0.3, 0.4) is 0 Å². The molecule has 4 nitrogen and oxygen atoms in total. The van der Waals surface area contributed by atoms with Gasteiger partial charge in [-0.1, -0.05) is 6.07 Å². The lowest BCUT2D eigenvalue weighted by molar-refractivity contribution is 0.275. The number of aryl methyl sites for hydroxylation is 1. The van der Waals surface area contributed by atoms with E-state index in [0.29, 0.717) is 6.54 Å². The number of fused-ring (bicyclic) bond motifs is 1. The summed E-state index contributed by atoms with van der Waals surface area (Å²) >= 11 is 1.65. The second-order valence-electron chi connectivity index (χ2n) is 6.83. The highest BCUT2D eigenvalue weighted by atomic mass is 32.1. The van der Waals surface area contributed by atoms with E-state index in [1.54, 1.807) is 17.4 Å². The van der Waals surface area contributed by atoms with Gasteiger partial charge in [0, 0.05) is 43.2 Å². The van der Waals surface area contributed by atoms with Crippen LogP contribution < -0.4 is 5.56 Å². The van der Waals surface area contributed by atoms with Crippen LogP contribution in [0.4, 0.5) is 0 Å². The van der Waals surface area contributed by atoms with Gasteiger partial charge in [-0.25, -0.2) is 4.98 Å². The number of rotatable bonds is 4. The van der Waals surface area contributed by atoms with Crippen molar-refractivity contribution in [1.82, 2.24) is 14.5 Å². The minimum Gasteiger partial charge on any atom is -0.306 e. The molecule has 0 unspecified atom stereocenters. The molecule has 0 radical (unpaired) electrons. The minimum atomic E-state index is 0.102. The number of hydrogen-bond donors (Lipinski definition) is 0. The smallest absolute Gasteiger partial charge is 0.251 e. The van der Waals surface area contributed by atoms with Gasteiger partial charge in [-0.05, 0) is 37.7 Å². The molecule has 1 fully saturated rings. The second kappa shape index (κ2) is 6.21. The van der Waals surface area contributed by atoms with Crippen LogP contribution >= 0.6 is 11.3 Å². The molecule has 2 aliphatic rings. The number of aromatic nitrogens is 2. The van der Waals surface area contributed by atoms with E-state index in [4.69, 9.17) is 0 Å². The Morgan fingerprint density at radius 2 is 2.09 bits per heavy atom. The monoisotopic (exact) mass is 329 g/mol. The van der Waals surface area contributed by atoms with Crippen molar-refractivity contribution in [1.29, 1.82) is 0 Å². The van der Waals surface area contributed by atoms with E-state index in [9.17, 15) is 4.79 Å². The van der Waals surface area contributed by atoms with Crippen LogP contribution in [-0.4, -0.2) is 34.1 Å². The predicted octanol–water partition coefficient (Wildman–Crippen LogP) is 2.47. The molecule has 0 bridgehead atoms. The Bertz CT molecular complexity index is 760. The zero-order chi connectivity index (χ0) is 15.8. The van der Waals surface area contributed by atoms with Crippen LogP contribution in [0, 0.1) is 12.8 Å². The van der Waals surface area contributed by atoms with Crippen LogP contribution in [0.15, 0.2) is 22.3 Å². The summed E-state index contributed by atoms with van der Waals surface area (Å²) < 4.78 is 1.95. The van der Waals surface area contributed by atoms with Gasteiger partial charge in [0.2, 0.25) is 0 Å². The molecule has 5 heteroatoms. The Hall–Kier alpha value is -1.46. The molecule has 0 saturated heterocycles. The highest BCUT2D eigenvalue weighted by Crippen LogP contribution is 2.30. The molecule has 0 atom stereocenters. The van der Waals surface area contributed by atoms with Gasteiger partial charge in [-0.15, -0.1) is 11.3 Å². The maximum absolute atomic E-state index is 12.4. The lowest BCUT2D eigenvalue weighted by Gasteiger charge is -2.19. The third kappa shape index (κ3) is 3.40. The SMILES string of the molecule is Cc1nc(Cn2c3c(ccc2=O)CCN(CC2CC2)CC3)cs1. The van der Waals surface area contributed by atoms with Crippen molar-refractivity contribution in [3.05, 3.63) is 49.8 Å². The fourth-order valence-electron chi connectivity index (χ4n) is 3.51. The molecule has 0 amide bonds. The van der Waals surface area contributed by atoms with E-state index in [1.807, 2.05) is 17.6 Å². The van der Waals surface area contributed by atoms with Gasteiger partial charge in [-0.3, -0.25) is 4.79 Å². The fourth-order valence-corrected chi connectivity index (χ4v) is 4.11. The normalized spacial score (nSPS) is 18.7. The van der Waals surface area contributed by atoms with Crippen molar-refractivity contribution in [2.24, 2.45) is 5.92 Å². The summed E-state index contributed by atoms with van der Waals surface area (Å²) in [5.74, 6) is 0.927. The van der Waals surface area contributed by atoms with Crippen molar-refractivity contribution >= 4 is 11.3 Å². The van der Waals surface area contributed by atoms with Crippen molar-refractivity contribution in [2.75, 3.05) is 19.6 Å². The molecule has 122 valence electrons. The molecular weight excluding hydrogens is 306 g/mol. The standard InChI is InChI=1S/C18H23N3OS/c1-13-19-16(12-23-13)11-21-17-7-9-20(10-14-2-3-14)8-6-15(17)4-5-18(21)22/h4-5,12,14H,2-3,6-11H2,1H3. The van der Waals surface area contributed by atoms with Crippen LogP contribution in [0.1, 0.15) is 34.8 Å². The number of hydrogen-bond acceptors (Lipinski definition) is 4. The molecule has 0 spiro atoms. The van der Waals surface area contributed by atoms with Crippen LogP contribution in [0.25, 0.3) is 0 Å². The van der Waals surface area contributed by atoms with E-state index in [0.717, 1.165) is 42.6 Å². The molecule has 1 saturated carbocycles. The summed E-state index contributed by atoms with van der Waals surface area (Å²) in [4.78, 5) is 19.5. The number of thiazole rings is 1. The zero-order valence-electron chi connectivity index (χ0n) is 13.6. The summed E-state index contributed by atoms with van der Waals surface area (Å²) in [5, 5.41) is 3.13. The van der Waals surface area contributed by atoms with Crippen molar-refractivity contribution in [3.8, 4) is 0 Å². The van der Waals surface area contributed by atoms with Gasteiger partial charge in [0.25, 0.3) is 5.56 Å². The Morgan fingerprint density at radius 1 is 1.26 bits per heavy atom. The summed E-state index contributed by atoms with van der Waals surface area (Å²) in [5.41, 5.74) is 3.67. The molecule has 0 N–H and O–H groups in total. The quantitative estimate of drug-likeness (QED) is 0.865. The zero-order valence-corrected chi connectivity index (χ0v) is 14.4.